The molecule has 0 spiro atoms. The number of hydrogen-bond acceptors (Lipinski definition) is 0. The van der Waals surface area contributed by atoms with Gasteiger partial charge in [-0.05, 0) is 0 Å². The minimum Gasteiger partial charge on any atom is -1.00 e. The topological polar surface area (TPSA) is 0 Å². The number of hydrogen-bond donors (Lipinski definition) is 0. The van der Waals surface area contributed by atoms with E-state index in [1.165, 1.54) is 38.5 Å². The van der Waals surface area contributed by atoms with Crippen LogP contribution >= 0.6 is 0 Å². The Labute approximate surface area is 167 Å². The second-order valence-corrected chi connectivity index (χ2v) is 9.44. The van der Waals surface area contributed by atoms with E-state index in [0.29, 0.717) is 0 Å². The van der Waals surface area contributed by atoms with Crippen LogP contribution in [0, 0.1) is 0 Å². The monoisotopic (exact) mass is 430 g/mol. The summed E-state index contributed by atoms with van der Waals surface area (Å²) in [6, 6.07) is 0. The van der Waals surface area contributed by atoms with Gasteiger partial charge in [0.1, 0.15) is 0 Å². The average Bonchev–Trinajstić information content (AvgIpc) is 2.96. The first-order valence-corrected chi connectivity index (χ1v) is 11.1. The van der Waals surface area contributed by atoms with Gasteiger partial charge >= 0.3 is 143 Å². The quantitative estimate of drug-likeness (QED) is 0.579. The summed E-state index contributed by atoms with van der Waals surface area (Å²) in [5.74, 6) is 0. The Morgan fingerprint density at radius 2 is 1.00 bits per heavy atom. The molecule has 0 atom stereocenters. The Morgan fingerprint density at radius 3 is 1.26 bits per heavy atom. The van der Waals surface area contributed by atoms with Gasteiger partial charge < -0.3 is 24.8 Å². The fourth-order valence-corrected chi connectivity index (χ4v) is 8.50. The summed E-state index contributed by atoms with van der Waals surface area (Å²) in [5.41, 5.74) is 10.4. The minimum absolute atomic E-state index is 0. The normalized spacial score (nSPS) is 17.7. The zero-order valence-corrected chi connectivity index (χ0v) is 19.5. The zero-order chi connectivity index (χ0) is 15.6. The summed E-state index contributed by atoms with van der Waals surface area (Å²) in [6.07, 6.45) is 7.53. The molecule has 0 aromatic carbocycles. The molecule has 128 valence electrons. The second kappa shape index (κ2) is 10.4. The molecule has 0 saturated heterocycles. The molecule has 0 bridgehead atoms. The largest absolute Gasteiger partial charge is 1.00 e. The van der Waals surface area contributed by atoms with Gasteiger partial charge in [0.05, 0.1) is 0 Å². The maximum atomic E-state index is 2.40. The van der Waals surface area contributed by atoms with E-state index in [1.807, 2.05) is 6.56 Å². The van der Waals surface area contributed by atoms with Crippen LogP contribution in [0.15, 0.2) is 40.0 Å². The molecule has 0 aromatic rings. The predicted molar refractivity (Wildman–Crippen MR) is 89.9 cm³/mol. The zero-order valence-electron chi connectivity index (χ0n) is 15.5. The van der Waals surface area contributed by atoms with Crippen molar-refractivity contribution in [2.45, 2.75) is 80.1 Å². The Balaban J connectivity index is 0.00000242. The third kappa shape index (κ3) is 4.74. The molecule has 2 aliphatic carbocycles. The molecule has 0 fully saturated rings. The Hall–Kier alpha value is 0.423. The summed E-state index contributed by atoms with van der Waals surface area (Å²) in [5, 5.41) is 0. The first-order valence-electron chi connectivity index (χ1n) is 8.66. The predicted octanol–water partition coefficient (Wildman–Crippen LogP) is 0.666. The van der Waals surface area contributed by atoms with E-state index in [0.717, 1.165) is 0 Å². The van der Waals surface area contributed by atoms with Crippen LogP contribution in [0.2, 0.25) is 0 Å². The van der Waals surface area contributed by atoms with Gasteiger partial charge in [-0.1, -0.05) is 0 Å². The van der Waals surface area contributed by atoms with Crippen molar-refractivity contribution in [3.63, 3.8) is 0 Å². The maximum absolute atomic E-state index is 2.40. The molecule has 0 heterocycles. The molecule has 0 amide bonds. The van der Waals surface area contributed by atoms with E-state index < -0.39 is 23.2 Å². The van der Waals surface area contributed by atoms with Crippen molar-refractivity contribution < 1.29 is 48.0 Å². The van der Waals surface area contributed by atoms with Crippen LogP contribution < -0.4 is 24.8 Å². The molecule has 0 saturated carbocycles. The molecular weight excluding hydrogens is 402 g/mol. The van der Waals surface area contributed by atoms with Crippen LogP contribution in [0.5, 0.6) is 0 Å². The molecule has 0 aromatic heterocycles. The first kappa shape index (κ1) is 23.4. The van der Waals surface area contributed by atoms with Gasteiger partial charge in [-0.3, -0.25) is 0 Å². The smallest absolute Gasteiger partial charge is 1.00 e. The van der Waals surface area contributed by atoms with Gasteiger partial charge in [-0.15, -0.1) is 0 Å². The van der Waals surface area contributed by atoms with Crippen molar-refractivity contribution >= 4 is 0 Å². The van der Waals surface area contributed by atoms with Gasteiger partial charge in [0.15, 0.2) is 0 Å². The summed E-state index contributed by atoms with van der Waals surface area (Å²) in [7, 11) is 0. The number of allylic oxidation sites excluding steroid dienone is 8. The van der Waals surface area contributed by atoms with E-state index in [1.54, 1.807) is 33.4 Å². The van der Waals surface area contributed by atoms with Crippen molar-refractivity contribution in [2.75, 3.05) is 0 Å². The number of halogens is 2. The summed E-state index contributed by atoms with van der Waals surface area (Å²) < 4.78 is 3.69. The molecule has 0 unspecified atom stereocenters. The first-order chi connectivity index (χ1) is 10.1. The summed E-state index contributed by atoms with van der Waals surface area (Å²) in [4.78, 5) is 0. The fraction of sp³-hybridized carbons (Fsp3) is 0.600. The van der Waals surface area contributed by atoms with Gasteiger partial charge in [0.25, 0.3) is 0 Å². The van der Waals surface area contributed by atoms with E-state index in [4.69, 9.17) is 0 Å². The Kier molecular flexibility index (Phi) is 10.6. The fourth-order valence-electron chi connectivity index (χ4n) is 3.92. The molecule has 0 N–H and O–H groups in total. The molecule has 0 nitrogen and oxygen atoms in total. The van der Waals surface area contributed by atoms with Crippen molar-refractivity contribution in [3.05, 3.63) is 40.0 Å². The minimum atomic E-state index is -0.617. The molecule has 0 aliphatic heterocycles. The van der Waals surface area contributed by atoms with Crippen LogP contribution in [0.25, 0.3) is 0 Å². The third-order valence-electron chi connectivity index (χ3n) is 5.08. The van der Waals surface area contributed by atoms with Gasteiger partial charge in [0, 0.05) is 0 Å². The molecule has 0 radical (unpaired) electrons. The molecule has 3 heteroatoms. The molecule has 2 aliphatic rings. The van der Waals surface area contributed by atoms with Gasteiger partial charge in [-0.2, -0.15) is 0 Å². The molecular formula is C20H30Cl2Zr. The standard InChI is InChI=1S/2C10H15.2ClH.Zr/c2*1-4-9-6-8(3)7-10(9)5-2;;;/h2*4-6H2,1-3H3;2*1H;/q;;;;+2/p-2. The van der Waals surface area contributed by atoms with Crippen molar-refractivity contribution in [1.82, 2.24) is 0 Å². The van der Waals surface area contributed by atoms with E-state index >= 15 is 0 Å². The molecule has 2 rings (SSSR count). The van der Waals surface area contributed by atoms with E-state index in [9.17, 15) is 0 Å². The summed E-state index contributed by atoms with van der Waals surface area (Å²) in [6.45, 7) is 14.2. The van der Waals surface area contributed by atoms with Gasteiger partial charge in [0.2, 0.25) is 0 Å². The summed E-state index contributed by atoms with van der Waals surface area (Å²) >= 11 is -0.617. The van der Waals surface area contributed by atoms with Crippen LogP contribution in [0.3, 0.4) is 0 Å². The van der Waals surface area contributed by atoms with Crippen molar-refractivity contribution in [3.8, 4) is 0 Å². The SMILES string of the molecule is CCC1=C(CC)[C]([Zr+2][C]2=C(C)CC(CC)=C2CC)=C(C)C1.[Cl-].[Cl-]. The second-order valence-electron chi connectivity index (χ2n) is 6.37. The van der Waals surface area contributed by atoms with Crippen LogP contribution in [0.1, 0.15) is 80.1 Å². The van der Waals surface area contributed by atoms with Gasteiger partial charge in [-0.25, -0.2) is 0 Å². The van der Waals surface area contributed by atoms with Crippen LogP contribution in [-0.4, -0.2) is 0 Å². The number of rotatable bonds is 6. The third-order valence-corrected chi connectivity index (χ3v) is 9.89. The van der Waals surface area contributed by atoms with E-state index in [-0.39, 0.29) is 24.8 Å². The van der Waals surface area contributed by atoms with Crippen LogP contribution in [-0.2, 0) is 23.2 Å². The maximum Gasteiger partial charge on any atom is -1.00 e. The van der Waals surface area contributed by atoms with Crippen molar-refractivity contribution in [2.24, 2.45) is 0 Å². The van der Waals surface area contributed by atoms with Crippen LogP contribution in [0.4, 0.5) is 0 Å². The van der Waals surface area contributed by atoms with Crippen molar-refractivity contribution in [1.29, 1.82) is 0 Å². The Morgan fingerprint density at radius 1 is 0.652 bits per heavy atom. The van der Waals surface area contributed by atoms with E-state index in [2.05, 4.69) is 41.5 Å². The average molecular weight is 433 g/mol. The Bertz CT molecular complexity index is 512. The molecule has 23 heavy (non-hydrogen) atoms.